The number of aryl methyl sites for hydroxylation is 1. The molecule has 102 valence electrons. The van der Waals surface area contributed by atoms with Gasteiger partial charge in [-0.25, -0.2) is 0 Å². The van der Waals surface area contributed by atoms with Gasteiger partial charge >= 0.3 is 0 Å². The molecule has 0 radical (unpaired) electrons. The van der Waals surface area contributed by atoms with E-state index in [1.54, 1.807) is 18.4 Å². The van der Waals surface area contributed by atoms with Crippen molar-refractivity contribution >= 4 is 22.9 Å². The predicted molar refractivity (Wildman–Crippen MR) is 78.7 cm³/mol. The highest BCUT2D eigenvalue weighted by Gasteiger charge is 2.21. The van der Waals surface area contributed by atoms with Crippen LogP contribution in [0.25, 0.3) is 0 Å². The molecule has 0 saturated carbocycles. The van der Waals surface area contributed by atoms with Gasteiger partial charge in [0.2, 0.25) is 0 Å². The lowest BCUT2D eigenvalue weighted by Crippen LogP contribution is -2.25. The van der Waals surface area contributed by atoms with E-state index in [2.05, 4.69) is 11.4 Å². The van der Waals surface area contributed by atoms with Gasteiger partial charge in [-0.1, -0.05) is 11.6 Å². The Kier molecular flexibility index (Phi) is 5.96. The number of fused-ring (bicyclic) bond motifs is 1. The van der Waals surface area contributed by atoms with Crippen LogP contribution in [0.5, 0.6) is 0 Å². The van der Waals surface area contributed by atoms with Crippen LogP contribution in [0, 0.1) is 0 Å². The maximum absolute atomic E-state index is 6.11. The van der Waals surface area contributed by atoms with Crippen LogP contribution in [0.15, 0.2) is 6.07 Å². The third-order valence-electron chi connectivity index (χ3n) is 3.50. The maximum atomic E-state index is 6.11. The standard InChI is InChI=1S/C14H22ClNOS/c1-17-9-4-2-3-8-16-12-6-5-7-13-11(12)10-14(15)18-13/h10,12,16H,2-9H2,1H3. The average molecular weight is 288 g/mol. The summed E-state index contributed by atoms with van der Waals surface area (Å²) < 4.78 is 5.99. The zero-order chi connectivity index (χ0) is 12.8. The number of rotatable bonds is 7. The largest absolute Gasteiger partial charge is 0.385 e. The van der Waals surface area contributed by atoms with Crippen LogP contribution >= 0.6 is 22.9 Å². The summed E-state index contributed by atoms with van der Waals surface area (Å²) in [5.41, 5.74) is 1.45. The van der Waals surface area contributed by atoms with Crippen molar-refractivity contribution in [3.05, 3.63) is 20.8 Å². The number of methoxy groups -OCH3 is 1. The molecule has 0 amide bonds. The van der Waals surface area contributed by atoms with Crippen molar-refractivity contribution in [2.24, 2.45) is 0 Å². The van der Waals surface area contributed by atoms with Crippen LogP contribution in [0.4, 0.5) is 0 Å². The van der Waals surface area contributed by atoms with Crippen LogP contribution in [0.1, 0.15) is 48.6 Å². The van der Waals surface area contributed by atoms with Gasteiger partial charge in [0.15, 0.2) is 0 Å². The summed E-state index contributed by atoms with van der Waals surface area (Å²) in [5.74, 6) is 0. The zero-order valence-electron chi connectivity index (χ0n) is 11.0. The van der Waals surface area contributed by atoms with Crippen LogP contribution in [0.2, 0.25) is 4.34 Å². The van der Waals surface area contributed by atoms with Gasteiger partial charge in [0.25, 0.3) is 0 Å². The summed E-state index contributed by atoms with van der Waals surface area (Å²) in [6.07, 6.45) is 7.37. The Balaban J connectivity index is 1.74. The highest BCUT2D eigenvalue weighted by Crippen LogP contribution is 2.37. The Labute approximate surface area is 119 Å². The lowest BCUT2D eigenvalue weighted by atomic mass is 9.94. The molecule has 0 saturated heterocycles. The van der Waals surface area contributed by atoms with Crippen molar-refractivity contribution in [2.75, 3.05) is 20.3 Å². The molecule has 1 aliphatic rings. The van der Waals surface area contributed by atoms with Gasteiger partial charge in [0.1, 0.15) is 0 Å². The summed E-state index contributed by atoms with van der Waals surface area (Å²) in [6, 6.07) is 2.68. The van der Waals surface area contributed by atoms with Crippen molar-refractivity contribution in [2.45, 2.75) is 44.6 Å². The van der Waals surface area contributed by atoms with E-state index in [1.165, 1.54) is 49.0 Å². The number of hydrogen-bond acceptors (Lipinski definition) is 3. The quantitative estimate of drug-likeness (QED) is 0.760. The molecule has 4 heteroatoms. The lowest BCUT2D eigenvalue weighted by molar-refractivity contribution is 0.192. The smallest absolute Gasteiger partial charge is 0.0934 e. The van der Waals surface area contributed by atoms with Gasteiger partial charge in [-0.05, 0) is 56.7 Å². The Hall–Kier alpha value is -0.0900. The molecule has 1 aliphatic carbocycles. The first-order valence-electron chi connectivity index (χ1n) is 6.81. The number of thiophene rings is 1. The van der Waals surface area contributed by atoms with E-state index >= 15 is 0 Å². The number of hydrogen-bond donors (Lipinski definition) is 1. The van der Waals surface area contributed by atoms with Gasteiger partial charge in [0, 0.05) is 24.6 Å². The minimum Gasteiger partial charge on any atom is -0.385 e. The Morgan fingerprint density at radius 1 is 1.44 bits per heavy atom. The first-order chi connectivity index (χ1) is 8.81. The van der Waals surface area contributed by atoms with Crippen LogP contribution in [0.3, 0.4) is 0 Å². The molecular formula is C14H22ClNOS. The molecule has 1 atom stereocenters. The van der Waals surface area contributed by atoms with Crippen LogP contribution in [-0.4, -0.2) is 20.3 Å². The molecular weight excluding hydrogens is 266 g/mol. The van der Waals surface area contributed by atoms with E-state index in [-0.39, 0.29) is 0 Å². The second-order valence-corrected chi connectivity index (χ2v) is 6.65. The molecule has 0 fully saturated rings. The molecule has 0 aromatic carbocycles. The fourth-order valence-corrected chi connectivity index (χ4v) is 3.94. The SMILES string of the molecule is COCCCCCNC1CCCc2sc(Cl)cc21. The molecule has 1 aromatic rings. The average Bonchev–Trinajstić information content (AvgIpc) is 2.74. The summed E-state index contributed by atoms with van der Waals surface area (Å²) in [5, 5.41) is 3.68. The summed E-state index contributed by atoms with van der Waals surface area (Å²) in [6.45, 7) is 1.98. The van der Waals surface area contributed by atoms with Gasteiger partial charge in [-0.15, -0.1) is 11.3 Å². The summed E-state index contributed by atoms with van der Waals surface area (Å²) >= 11 is 7.86. The molecule has 1 aromatic heterocycles. The fraction of sp³-hybridized carbons (Fsp3) is 0.714. The number of ether oxygens (including phenoxy) is 1. The molecule has 1 N–H and O–H groups in total. The third kappa shape index (κ3) is 3.95. The van der Waals surface area contributed by atoms with Crippen LogP contribution in [-0.2, 0) is 11.2 Å². The second-order valence-electron chi connectivity index (χ2n) is 4.88. The topological polar surface area (TPSA) is 21.3 Å². The molecule has 1 unspecified atom stereocenters. The van der Waals surface area contributed by atoms with E-state index in [0.29, 0.717) is 6.04 Å². The highest BCUT2D eigenvalue weighted by atomic mass is 35.5. The first-order valence-corrected chi connectivity index (χ1v) is 8.01. The highest BCUT2D eigenvalue weighted by molar-refractivity contribution is 7.16. The first kappa shape index (κ1) is 14.3. The predicted octanol–water partition coefficient (Wildman–Crippen LogP) is 4.19. The molecule has 2 rings (SSSR count). The van der Waals surface area contributed by atoms with E-state index in [0.717, 1.165) is 17.5 Å². The Bertz CT molecular complexity index is 367. The summed E-state index contributed by atoms with van der Waals surface area (Å²) in [7, 11) is 1.77. The minimum atomic E-state index is 0.528. The minimum absolute atomic E-state index is 0.528. The van der Waals surface area contributed by atoms with Crippen LogP contribution < -0.4 is 5.32 Å². The summed E-state index contributed by atoms with van der Waals surface area (Å²) in [4.78, 5) is 1.49. The molecule has 1 heterocycles. The Morgan fingerprint density at radius 2 is 2.33 bits per heavy atom. The maximum Gasteiger partial charge on any atom is 0.0934 e. The molecule has 18 heavy (non-hydrogen) atoms. The van der Waals surface area contributed by atoms with Crippen molar-refractivity contribution in [3.63, 3.8) is 0 Å². The number of nitrogens with one attached hydrogen (secondary N) is 1. The van der Waals surface area contributed by atoms with Gasteiger partial charge in [-0.2, -0.15) is 0 Å². The normalized spacial score (nSPS) is 18.9. The monoisotopic (exact) mass is 287 g/mol. The van der Waals surface area contributed by atoms with Crippen molar-refractivity contribution in [1.29, 1.82) is 0 Å². The third-order valence-corrected chi connectivity index (χ3v) is 4.84. The van der Waals surface area contributed by atoms with E-state index in [9.17, 15) is 0 Å². The molecule has 0 aliphatic heterocycles. The lowest BCUT2D eigenvalue weighted by Gasteiger charge is -2.23. The molecule has 2 nitrogen and oxygen atoms in total. The fourth-order valence-electron chi connectivity index (χ4n) is 2.56. The van der Waals surface area contributed by atoms with Crippen molar-refractivity contribution in [3.8, 4) is 0 Å². The zero-order valence-corrected chi connectivity index (χ0v) is 12.6. The van der Waals surface area contributed by atoms with Crippen molar-refractivity contribution in [1.82, 2.24) is 5.32 Å². The molecule has 0 bridgehead atoms. The van der Waals surface area contributed by atoms with Gasteiger partial charge < -0.3 is 10.1 Å². The van der Waals surface area contributed by atoms with Gasteiger partial charge in [-0.3, -0.25) is 0 Å². The van der Waals surface area contributed by atoms with E-state index < -0.39 is 0 Å². The molecule has 0 spiro atoms. The number of unbranched alkanes of at least 4 members (excludes halogenated alkanes) is 2. The van der Waals surface area contributed by atoms with Crippen molar-refractivity contribution < 1.29 is 4.74 Å². The van der Waals surface area contributed by atoms with E-state index in [1.807, 2.05) is 0 Å². The second kappa shape index (κ2) is 7.49. The Morgan fingerprint density at radius 3 is 3.17 bits per heavy atom. The number of halogens is 1. The van der Waals surface area contributed by atoms with Gasteiger partial charge in [0.05, 0.1) is 4.34 Å². The van der Waals surface area contributed by atoms with E-state index in [4.69, 9.17) is 16.3 Å².